The van der Waals surface area contributed by atoms with Crippen LogP contribution in [0.5, 0.6) is 0 Å². The van der Waals surface area contributed by atoms with E-state index in [1.807, 2.05) is 25.5 Å². The first kappa shape index (κ1) is 14.0. The van der Waals surface area contributed by atoms with Crippen molar-refractivity contribution in [1.82, 2.24) is 14.9 Å². The molecule has 0 saturated heterocycles. The van der Waals surface area contributed by atoms with Crippen LogP contribution in [0, 0.1) is 11.8 Å². The van der Waals surface area contributed by atoms with E-state index in [1.165, 1.54) is 0 Å². The zero-order chi connectivity index (χ0) is 13.7. The van der Waals surface area contributed by atoms with E-state index in [0.29, 0.717) is 6.54 Å². The molecule has 1 aromatic heterocycles. The second-order valence-electron chi connectivity index (χ2n) is 4.42. The van der Waals surface area contributed by atoms with E-state index in [0.717, 1.165) is 5.82 Å². The van der Waals surface area contributed by atoms with Gasteiger partial charge in [0.15, 0.2) is 5.84 Å². The van der Waals surface area contributed by atoms with Crippen LogP contribution in [0.4, 0.5) is 0 Å². The fraction of sp³-hybridized carbons (Fsp3) is 0.545. The number of nitrogens with two attached hydrogens (primary N) is 1. The number of carbonyl (C=O) groups excluding carboxylic acids is 1. The Morgan fingerprint density at radius 1 is 1.67 bits per heavy atom. The number of aryl methyl sites for hydroxylation is 1. The zero-order valence-corrected chi connectivity index (χ0v) is 10.8. The lowest BCUT2D eigenvalue weighted by molar-refractivity contribution is -0.124. The maximum absolute atomic E-state index is 12.0. The summed E-state index contributed by atoms with van der Waals surface area (Å²) in [7, 11) is 1.85. The average molecular weight is 253 g/mol. The minimum absolute atomic E-state index is 0.0535. The van der Waals surface area contributed by atoms with E-state index in [9.17, 15) is 4.79 Å². The molecule has 1 heterocycles. The Labute approximate surface area is 106 Å². The second kappa shape index (κ2) is 6.04. The minimum atomic E-state index is -0.643. The molecule has 0 radical (unpaired) electrons. The molecule has 0 saturated carbocycles. The lowest BCUT2D eigenvalue weighted by Crippen LogP contribution is -2.41. The van der Waals surface area contributed by atoms with Gasteiger partial charge in [0.25, 0.3) is 0 Å². The summed E-state index contributed by atoms with van der Waals surface area (Å²) in [5, 5.41) is 14.3. The van der Waals surface area contributed by atoms with Crippen molar-refractivity contribution in [3.63, 3.8) is 0 Å². The number of aromatic nitrogens is 2. The molecule has 4 N–H and O–H groups in total. The molecule has 0 fully saturated rings. The highest BCUT2D eigenvalue weighted by atomic mass is 16.4. The monoisotopic (exact) mass is 253 g/mol. The Bertz CT molecular complexity index is 438. The topological polar surface area (TPSA) is 106 Å². The van der Waals surface area contributed by atoms with Gasteiger partial charge >= 0.3 is 0 Å². The molecule has 1 aromatic rings. The van der Waals surface area contributed by atoms with Gasteiger partial charge < -0.3 is 20.8 Å². The van der Waals surface area contributed by atoms with Crippen LogP contribution in [0.3, 0.4) is 0 Å². The fourth-order valence-electron chi connectivity index (χ4n) is 1.68. The third kappa shape index (κ3) is 3.22. The lowest BCUT2D eigenvalue weighted by atomic mass is 9.94. The zero-order valence-electron chi connectivity index (χ0n) is 10.8. The molecule has 100 valence electrons. The van der Waals surface area contributed by atoms with Gasteiger partial charge in [-0.1, -0.05) is 19.0 Å². The lowest BCUT2D eigenvalue weighted by Gasteiger charge is -2.18. The van der Waals surface area contributed by atoms with E-state index >= 15 is 0 Å². The molecular formula is C11H19N5O2. The van der Waals surface area contributed by atoms with Gasteiger partial charge in [-0.2, -0.15) is 0 Å². The maximum atomic E-state index is 12.0. The summed E-state index contributed by atoms with van der Waals surface area (Å²) in [6.07, 6.45) is 3.45. The molecule has 0 aliphatic rings. The van der Waals surface area contributed by atoms with Gasteiger partial charge in [0, 0.05) is 19.4 Å². The van der Waals surface area contributed by atoms with Gasteiger partial charge in [-0.05, 0) is 5.92 Å². The molecular weight excluding hydrogens is 234 g/mol. The summed E-state index contributed by atoms with van der Waals surface area (Å²) in [5.74, 6) is -0.312. The summed E-state index contributed by atoms with van der Waals surface area (Å²) in [4.78, 5) is 16.1. The fourth-order valence-corrected chi connectivity index (χ4v) is 1.68. The highest BCUT2D eigenvalue weighted by Crippen LogP contribution is 2.11. The first-order valence-corrected chi connectivity index (χ1v) is 5.68. The number of rotatable bonds is 5. The number of hydrogen-bond acceptors (Lipinski definition) is 4. The second-order valence-corrected chi connectivity index (χ2v) is 4.42. The number of hydrogen-bond donors (Lipinski definition) is 3. The maximum Gasteiger partial charge on any atom is 0.231 e. The molecule has 7 heteroatoms. The van der Waals surface area contributed by atoms with Gasteiger partial charge in [0.05, 0.1) is 6.54 Å². The number of imidazole rings is 1. The van der Waals surface area contributed by atoms with E-state index in [1.54, 1.807) is 12.4 Å². The summed E-state index contributed by atoms with van der Waals surface area (Å²) in [5.41, 5.74) is 5.52. The van der Waals surface area contributed by atoms with Gasteiger partial charge in [0.2, 0.25) is 5.91 Å². The molecule has 1 atom stereocenters. The first-order chi connectivity index (χ1) is 8.47. The summed E-state index contributed by atoms with van der Waals surface area (Å²) in [6, 6.07) is 0. The Morgan fingerprint density at radius 3 is 2.78 bits per heavy atom. The molecule has 7 nitrogen and oxygen atoms in total. The van der Waals surface area contributed by atoms with Crippen molar-refractivity contribution in [2.75, 3.05) is 0 Å². The van der Waals surface area contributed by atoms with Crippen molar-refractivity contribution in [3.8, 4) is 0 Å². The Morgan fingerprint density at radius 2 is 2.33 bits per heavy atom. The quantitative estimate of drug-likeness (QED) is 0.298. The minimum Gasteiger partial charge on any atom is -0.409 e. The van der Waals surface area contributed by atoms with Crippen LogP contribution in [0.15, 0.2) is 17.5 Å². The van der Waals surface area contributed by atoms with Gasteiger partial charge in [-0.3, -0.25) is 4.79 Å². The molecule has 1 amide bonds. The SMILES string of the molecule is CC(C)C(C(=O)NCc1nccn1C)C(N)=NO. The third-order valence-corrected chi connectivity index (χ3v) is 2.72. The smallest absolute Gasteiger partial charge is 0.231 e. The largest absolute Gasteiger partial charge is 0.409 e. The Balaban J connectivity index is 2.66. The summed E-state index contributed by atoms with van der Waals surface area (Å²) in [6.45, 7) is 3.98. The van der Waals surface area contributed by atoms with E-state index in [-0.39, 0.29) is 17.7 Å². The standard InChI is InChI=1S/C11H19N5O2/c1-7(2)9(10(12)15-18)11(17)14-6-8-13-4-5-16(8)3/h4-5,7,9,18H,6H2,1-3H3,(H2,12,15)(H,14,17). The molecule has 18 heavy (non-hydrogen) atoms. The van der Waals surface area contributed by atoms with E-state index in [4.69, 9.17) is 10.9 Å². The van der Waals surface area contributed by atoms with Crippen molar-refractivity contribution in [2.24, 2.45) is 29.8 Å². The molecule has 1 rings (SSSR count). The van der Waals surface area contributed by atoms with Crippen LogP contribution in [0.1, 0.15) is 19.7 Å². The third-order valence-electron chi connectivity index (χ3n) is 2.72. The van der Waals surface area contributed by atoms with Crippen LogP contribution in [0.2, 0.25) is 0 Å². The van der Waals surface area contributed by atoms with Gasteiger partial charge in [0.1, 0.15) is 11.7 Å². The molecule has 0 spiro atoms. The van der Waals surface area contributed by atoms with E-state index in [2.05, 4.69) is 15.5 Å². The van der Waals surface area contributed by atoms with Crippen molar-refractivity contribution >= 4 is 11.7 Å². The Kier molecular flexibility index (Phi) is 4.70. The molecule has 0 aromatic carbocycles. The average Bonchev–Trinajstić information content (AvgIpc) is 2.71. The van der Waals surface area contributed by atoms with Crippen molar-refractivity contribution in [1.29, 1.82) is 0 Å². The normalized spacial score (nSPS) is 13.7. The summed E-state index contributed by atoms with van der Waals surface area (Å²) < 4.78 is 1.81. The first-order valence-electron chi connectivity index (χ1n) is 5.68. The Hall–Kier alpha value is -2.05. The molecule has 1 unspecified atom stereocenters. The van der Waals surface area contributed by atoms with Crippen LogP contribution in [-0.2, 0) is 18.4 Å². The number of amides is 1. The van der Waals surface area contributed by atoms with Crippen LogP contribution >= 0.6 is 0 Å². The predicted octanol–water partition coefficient (Wildman–Crippen LogP) is 0.0549. The molecule has 0 bridgehead atoms. The predicted molar refractivity (Wildman–Crippen MR) is 66.8 cm³/mol. The summed E-state index contributed by atoms with van der Waals surface area (Å²) >= 11 is 0. The number of amidine groups is 1. The molecule has 0 aliphatic heterocycles. The number of nitrogens with zero attached hydrogens (tertiary/aromatic N) is 3. The number of oxime groups is 1. The van der Waals surface area contributed by atoms with Crippen molar-refractivity contribution in [3.05, 3.63) is 18.2 Å². The van der Waals surface area contributed by atoms with Crippen molar-refractivity contribution < 1.29 is 10.0 Å². The number of carbonyl (C=O) groups is 1. The van der Waals surface area contributed by atoms with Crippen LogP contribution in [-0.4, -0.2) is 26.5 Å². The van der Waals surface area contributed by atoms with Gasteiger partial charge in [-0.15, -0.1) is 0 Å². The van der Waals surface area contributed by atoms with Crippen molar-refractivity contribution in [2.45, 2.75) is 20.4 Å². The van der Waals surface area contributed by atoms with Crippen LogP contribution < -0.4 is 11.1 Å². The van der Waals surface area contributed by atoms with Gasteiger partial charge in [-0.25, -0.2) is 4.98 Å². The highest BCUT2D eigenvalue weighted by Gasteiger charge is 2.26. The number of nitrogens with one attached hydrogen (secondary N) is 1. The highest BCUT2D eigenvalue weighted by molar-refractivity contribution is 6.02. The van der Waals surface area contributed by atoms with Crippen LogP contribution in [0.25, 0.3) is 0 Å². The van der Waals surface area contributed by atoms with E-state index < -0.39 is 5.92 Å². The molecule has 0 aliphatic carbocycles.